The van der Waals surface area contributed by atoms with Gasteiger partial charge in [0.1, 0.15) is 11.9 Å². The molecule has 0 aliphatic carbocycles. The van der Waals surface area contributed by atoms with E-state index in [1.165, 1.54) is 18.6 Å². The highest BCUT2D eigenvalue weighted by atomic mass is 32.2. The molecule has 27 heavy (non-hydrogen) atoms. The molecule has 0 spiro atoms. The number of carbonyl (C=O) groups excluding carboxylic acids is 1. The molecule has 0 N–H and O–H groups in total. The number of nitrogens with zero attached hydrogens (tertiary/aromatic N) is 2. The van der Waals surface area contributed by atoms with Gasteiger partial charge in [-0.2, -0.15) is 11.8 Å². The zero-order valence-corrected chi connectivity index (χ0v) is 17.7. The van der Waals surface area contributed by atoms with Crippen LogP contribution in [-0.4, -0.2) is 66.0 Å². The zero-order valence-electron chi connectivity index (χ0n) is 16.9. The molecule has 0 aromatic heterocycles. The molecule has 0 saturated carbocycles. The summed E-state index contributed by atoms with van der Waals surface area (Å²) in [7, 11) is 0. The molecule has 1 aromatic carbocycles. The average molecular weight is 391 g/mol. The van der Waals surface area contributed by atoms with E-state index >= 15 is 0 Å². The summed E-state index contributed by atoms with van der Waals surface area (Å²) in [4.78, 5) is 17.5. The van der Waals surface area contributed by atoms with E-state index in [1.54, 1.807) is 0 Å². The van der Waals surface area contributed by atoms with Crippen LogP contribution in [0.3, 0.4) is 0 Å². The first-order valence-electron chi connectivity index (χ1n) is 10.5. The molecule has 3 rings (SSSR count). The van der Waals surface area contributed by atoms with Crippen LogP contribution in [-0.2, 0) is 0 Å². The lowest BCUT2D eigenvalue weighted by molar-refractivity contribution is 0.0681. The summed E-state index contributed by atoms with van der Waals surface area (Å²) in [5.41, 5.74) is 0.732. The largest absolute Gasteiger partial charge is 0.489 e. The Hall–Kier alpha value is -1.20. The molecular weight excluding hydrogens is 356 g/mol. The Labute approximate surface area is 168 Å². The standard InChI is InChI=1S/C22H34N2O2S/c1-18(12-17-27-2)23-15-10-19(11-16-23)26-21-9-5-4-8-20(21)22(25)24-13-6-3-7-14-24/h4-5,8-9,18-19H,3,6-7,10-17H2,1-2H3/t18-/m0/s1. The third kappa shape index (κ3) is 5.64. The van der Waals surface area contributed by atoms with Crippen molar-refractivity contribution in [3.05, 3.63) is 29.8 Å². The Kier molecular flexibility index (Phi) is 7.89. The fourth-order valence-electron chi connectivity index (χ4n) is 4.10. The topological polar surface area (TPSA) is 32.8 Å². The molecule has 2 aliphatic rings. The monoisotopic (exact) mass is 390 g/mol. The summed E-state index contributed by atoms with van der Waals surface area (Å²) >= 11 is 1.92. The molecule has 2 aliphatic heterocycles. The second kappa shape index (κ2) is 10.4. The SMILES string of the molecule is CSCC[C@H](C)N1CCC(Oc2ccccc2C(=O)N2CCCCC2)CC1. The number of thioether (sulfide) groups is 1. The Morgan fingerprint density at radius 3 is 2.56 bits per heavy atom. The lowest BCUT2D eigenvalue weighted by Crippen LogP contribution is -2.43. The molecule has 5 heteroatoms. The maximum Gasteiger partial charge on any atom is 0.257 e. The van der Waals surface area contributed by atoms with Crippen LogP contribution in [0.15, 0.2) is 24.3 Å². The molecule has 2 fully saturated rings. The second-order valence-electron chi connectivity index (χ2n) is 7.83. The van der Waals surface area contributed by atoms with E-state index < -0.39 is 0 Å². The Balaban J connectivity index is 1.56. The molecule has 1 atom stereocenters. The minimum absolute atomic E-state index is 0.133. The van der Waals surface area contributed by atoms with Crippen molar-refractivity contribution >= 4 is 17.7 Å². The smallest absolute Gasteiger partial charge is 0.257 e. The van der Waals surface area contributed by atoms with Gasteiger partial charge in [-0.3, -0.25) is 4.79 Å². The summed E-state index contributed by atoms with van der Waals surface area (Å²) in [6, 6.07) is 8.45. The van der Waals surface area contributed by atoms with E-state index in [4.69, 9.17) is 4.74 Å². The molecular formula is C22H34N2O2S. The van der Waals surface area contributed by atoms with Crippen molar-refractivity contribution in [2.45, 2.75) is 57.6 Å². The summed E-state index contributed by atoms with van der Waals surface area (Å²) in [6.07, 6.45) is 9.17. The number of carbonyl (C=O) groups is 1. The average Bonchev–Trinajstić information content (AvgIpc) is 2.73. The number of benzene rings is 1. The van der Waals surface area contributed by atoms with Crippen LogP contribution >= 0.6 is 11.8 Å². The molecule has 1 aromatic rings. The van der Waals surface area contributed by atoms with Crippen molar-refractivity contribution < 1.29 is 9.53 Å². The van der Waals surface area contributed by atoms with Crippen molar-refractivity contribution in [2.75, 3.05) is 38.2 Å². The normalized spacial score (nSPS) is 20.4. The highest BCUT2D eigenvalue weighted by Crippen LogP contribution is 2.26. The first-order valence-corrected chi connectivity index (χ1v) is 11.9. The number of ether oxygens (including phenoxy) is 1. The number of para-hydroxylation sites is 1. The second-order valence-corrected chi connectivity index (χ2v) is 8.82. The lowest BCUT2D eigenvalue weighted by atomic mass is 10.0. The number of rotatable bonds is 7. The van der Waals surface area contributed by atoms with Gasteiger partial charge in [0.25, 0.3) is 5.91 Å². The van der Waals surface area contributed by atoms with E-state index in [2.05, 4.69) is 18.1 Å². The zero-order chi connectivity index (χ0) is 19.1. The third-order valence-electron chi connectivity index (χ3n) is 5.89. The third-order valence-corrected chi connectivity index (χ3v) is 6.54. The molecule has 0 radical (unpaired) electrons. The fourth-order valence-corrected chi connectivity index (χ4v) is 4.68. The van der Waals surface area contributed by atoms with Crippen molar-refractivity contribution in [1.82, 2.24) is 9.80 Å². The van der Waals surface area contributed by atoms with Gasteiger partial charge in [-0.15, -0.1) is 0 Å². The summed E-state index contributed by atoms with van der Waals surface area (Å²) in [6.45, 7) is 6.26. The summed E-state index contributed by atoms with van der Waals surface area (Å²) in [5, 5.41) is 0. The van der Waals surface area contributed by atoms with Crippen LogP contribution in [0.25, 0.3) is 0 Å². The van der Waals surface area contributed by atoms with Crippen molar-refractivity contribution in [2.24, 2.45) is 0 Å². The Morgan fingerprint density at radius 2 is 1.85 bits per heavy atom. The van der Waals surface area contributed by atoms with Crippen molar-refractivity contribution in [1.29, 1.82) is 0 Å². The van der Waals surface area contributed by atoms with E-state index in [1.807, 2.05) is 40.9 Å². The molecule has 4 nitrogen and oxygen atoms in total. The fraction of sp³-hybridized carbons (Fsp3) is 0.682. The molecule has 0 bridgehead atoms. The predicted octanol–water partition coefficient (Wildman–Crippen LogP) is 4.30. The number of amides is 1. The van der Waals surface area contributed by atoms with Crippen LogP contribution in [0.5, 0.6) is 5.75 Å². The van der Waals surface area contributed by atoms with Crippen LogP contribution < -0.4 is 4.74 Å². The maximum absolute atomic E-state index is 12.9. The quantitative estimate of drug-likeness (QED) is 0.695. The highest BCUT2D eigenvalue weighted by Gasteiger charge is 2.26. The van der Waals surface area contributed by atoms with Gasteiger partial charge in [0.2, 0.25) is 0 Å². The van der Waals surface area contributed by atoms with Gasteiger partial charge < -0.3 is 14.5 Å². The minimum atomic E-state index is 0.133. The molecule has 1 amide bonds. The van der Waals surface area contributed by atoms with Gasteiger partial charge in [-0.25, -0.2) is 0 Å². The highest BCUT2D eigenvalue weighted by molar-refractivity contribution is 7.98. The Morgan fingerprint density at radius 1 is 1.15 bits per heavy atom. The number of piperidine rings is 2. The first kappa shape index (κ1) is 20.5. The summed E-state index contributed by atoms with van der Waals surface area (Å²) < 4.78 is 6.33. The van der Waals surface area contributed by atoms with Gasteiger partial charge in [0.15, 0.2) is 0 Å². The van der Waals surface area contributed by atoms with Gasteiger partial charge >= 0.3 is 0 Å². The number of hydrogen-bond donors (Lipinski definition) is 0. The van der Waals surface area contributed by atoms with E-state index in [-0.39, 0.29) is 12.0 Å². The van der Waals surface area contributed by atoms with E-state index in [0.29, 0.717) is 6.04 Å². The van der Waals surface area contributed by atoms with Gasteiger partial charge in [-0.1, -0.05) is 12.1 Å². The first-order chi connectivity index (χ1) is 13.2. The molecule has 150 valence electrons. The maximum atomic E-state index is 12.9. The molecule has 0 unspecified atom stereocenters. The van der Waals surface area contributed by atoms with Crippen LogP contribution in [0, 0.1) is 0 Å². The predicted molar refractivity (Wildman–Crippen MR) is 114 cm³/mol. The Bertz CT molecular complexity index is 596. The van der Waals surface area contributed by atoms with Gasteiger partial charge in [0.05, 0.1) is 5.56 Å². The lowest BCUT2D eigenvalue weighted by Gasteiger charge is -2.36. The van der Waals surface area contributed by atoms with E-state index in [9.17, 15) is 4.79 Å². The van der Waals surface area contributed by atoms with E-state index in [0.717, 1.165) is 63.2 Å². The van der Waals surface area contributed by atoms with Crippen LogP contribution in [0.4, 0.5) is 0 Å². The minimum Gasteiger partial charge on any atom is -0.489 e. The summed E-state index contributed by atoms with van der Waals surface area (Å²) in [5.74, 6) is 2.12. The molecule has 2 saturated heterocycles. The number of likely N-dealkylation sites (tertiary alicyclic amines) is 2. The van der Waals surface area contributed by atoms with Gasteiger partial charge in [0, 0.05) is 32.2 Å². The van der Waals surface area contributed by atoms with Gasteiger partial charge in [-0.05, 0) is 69.6 Å². The van der Waals surface area contributed by atoms with Crippen molar-refractivity contribution in [3.63, 3.8) is 0 Å². The molecule has 2 heterocycles. The number of hydrogen-bond acceptors (Lipinski definition) is 4. The van der Waals surface area contributed by atoms with Crippen molar-refractivity contribution in [3.8, 4) is 5.75 Å². The van der Waals surface area contributed by atoms with Crippen LogP contribution in [0.1, 0.15) is 55.8 Å². The van der Waals surface area contributed by atoms with Crippen LogP contribution in [0.2, 0.25) is 0 Å².